The molecule has 0 amide bonds. The Labute approximate surface area is 276 Å². The van der Waals surface area contributed by atoms with E-state index in [4.69, 9.17) is 9.40 Å². The number of para-hydroxylation sites is 2. The van der Waals surface area contributed by atoms with Gasteiger partial charge in [0.1, 0.15) is 5.58 Å². The molecule has 0 unspecified atom stereocenters. The van der Waals surface area contributed by atoms with Crippen LogP contribution in [0.15, 0.2) is 138 Å². The summed E-state index contributed by atoms with van der Waals surface area (Å²) in [7, 11) is 0. The first-order chi connectivity index (χ1) is 22.3. The molecule has 223 valence electrons. The number of benzene rings is 5. The summed E-state index contributed by atoms with van der Waals surface area (Å²) in [6, 6.07) is 46.4. The van der Waals surface area contributed by atoms with Crippen molar-refractivity contribution in [3.8, 4) is 28.3 Å². The molecule has 0 spiro atoms. The fourth-order valence-corrected chi connectivity index (χ4v) is 5.55. The van der Waals surface area contributed by atoms with Gasteiger partial charge in [-0.2, -0.15) is 0 Å². The van der Waals surface area contributed by atoms with Crippen LogP contribution >= 0.6 is 0 Å². The molecule has 0 N–H and O–H groups in total. The first kappa shape index (κ1) is 29.2. The molecule has 4 aromatic heterocycles. The van der Waals surface area contributed by atoms with Gasteiger partial charge in [0.15, 0.2) is 5.65 Å². The summed E-state index contributed by atoms with van der Waals surface area (Å²) in [5, 5.41) is 10.8. The second-order valence-electron chi connectivity index (χ2n) is 10.3. The Kier molecular flexibility index (Phi) is 7.89. The molecule has 4 heterocycles. The van der Waals surface area contributed by atoms with E-state index in [1.165, 1.54) is 6.07 Å². The third-order valence-electron chi connectivity index (χ3n) is 7.56. The molecule has 0 saturated carbocycles. The fourth-order valence-electron chi connectivity index (χ4n) is 5.55. The van der Waals surface area contributed by atoms with Crippen molar-refractivity contribution < 1.29 is 28.9 Å². The predicted octanol–water partition coefficient (Wildman–Crippen LogP) is 9.02. The molecule has 0 atom stereocenters. The second-order valence-corrected chi connectivity index (χ2v) is 10.3. The Morgan fingerprint density at radius 2 is 1.48 bits per heavy atom. The number of pyridine rings is 1. The number of imidazole rings is 1. The van der Waals surface area contributed by atoms with Gasteiger partial charge in [-0.3, -0.25) is 9.37 Å². The van der Waals surface area contributed by atoms with Crippen LogP contribution in [-0.4, -0.2) is 24.7 Å². The number of halogens is 1. The number of furan rings is 1. The van der Waals surface area contributed by atoms with Crippen molar-refractivity contribution in [1.82, 2.24) is 24.7 Å². The van der Waals surface area contributed by atoms with Crippen LogP contribution in [0, 0.1) is 17.9 Å². The Morgan fingerprint density at radius 3 is 2.28 bits per heavy atom. The second kappa shape index (κ2) is 12.4. The smallest absolute Gasteiger partial charge is 0.191 e. The van der Waals surface area contributed by atoms with Gasteiger partial charge in [0.2, 0.25) is 0 Å². The molecule has 9 aromatic rings. The summed E-state index contributed by atoms with van der Waals surface area (Å²) >= 11 is 0. The Balaban J connectivity index is 0.000000220. The van der Waals surface area contributed by atoms with Gasteiger partial charge in [0, 0.05) is 48.6 Å². The molecule has 0 aliphatic rings. The number of hydrogen-bond donors (Lipinski definition) is 0. The van der Waals surface area contributed by atoms with Gasteiger partial charge in [0.25, 0.3) is 0 Å². The van der Waals surface area contributed by atoms with Gasteiger partial charge in [0.05, 0.1) is 22.4 Å². The summed E-state index contributed by atoms with van der Waals surface area (Å²) in [6.07, 6.45) is 1.79. The van der Waals surface area contributed by atoms with Crippen molar-refractivity contribution in [2.45, 2.75) is 0 Å². The first-order valence-electron chi connectivity index (χ1n) is 14.4. The van der Waals surface area contributed by atoms with Gasteiger partial charge in [-0.15, -0.1) is 58.2 Å². The van der Waals surface area contributed by atoms with E-state index in [0.717, 1.165) is 33.4 Å². The molecular weight excluding hydrogens is 754 g/mol. The molecule has 0 aliphatic carbocycles. The molecule has 1 radical (unpaired) electrons. The predicted molar refractivity (Wildman–Crippen MR) is 174 cm³/mol. The zero-order valence-electron chi connectivity index (χ0n) is 24.1. The minimum absolute atomic E-state index is 0. The number of rotatable bonds is 3. The maximum absolute atomic E-state index is 14.9. The SMILES string of the molecule is Fc1c[c-]c(-c2nc3nnc4ccccc4c3n2-c2ccccc2)c2oc3ccccc3c12.[Ir].[c-]1ccccc1-c1ccccn1. The van der Waals surface area contributed by atoms with Crippen LogP contribution in [0.3, 0.4) is 0 Å². The topological polar surface area (TPSA) is 69.6 Å². The number of hydrogen-bond acceptors (Lipinski definition) is 5. The molecule has 0 aliphatic heterocycles. The fraction of sp³-hybridized carbons (Fsp3) is 0. The first-order valence-corrected chi connectivity index (χ1v) is 14.4. The monoisotopic (exact) mass is 776 g/mol. The van der Waals surface area contributed by atoms with Crippen LogP contribution in [0.5, 0.6) is 0 Å². The minimum atomic E-state index is -0.383. The van der Waals surface area contributed by atoms with Gasteiger partial charge < -0.3 is 14.0 Å². The van der Waals surface area contributed by atoms with Crippen molar-refractivity contribution in [2.75, 3.05) is 0 Å². The van der Waals surface area contributed by atoms with E-state index in [1.54, 1.807) is 6.20 Å². The standard InChI is InChI=1S/C27H14FN4O.C11H8N.Ir/c28-20-15-14-19(25-23(20)18-11-5-7-13-22(18)33-25)27-29-26-24(32(27)16-8-2-1-3-9-16)17-10-4-6-12-21(17)30-31-26;1-2-6-10(7-3-1)11-8-4-5-9-12-11;/h1-13,15H;1-6,8-9H;/q2*-1;. The van der Waals surface area contributed by atoms with Gasteiger partial charge in [-0.05, 0) is 41.4 Å². The third-order valence-corrected chi connectivity index (χ3v) is 7.56. The number of fused-ring (bicyclic) bond motifs is 6. The van der Waals surface area contributed by atoms with E-state index < -0.39 is 0 Å². The van der Waals surface area contributed by atoms with E-state index in [1.807, 2.05) is 126 Å². The number of nitrogens with zero attached hydrogens (tertiary/aromatic N) is 5. The average molecular weight is 776 g/mol. The van der Waals surface area contributed by atoms with Crippen LogP contribution in [0.25, 0.3) is 72.3 Å². The van der Waals surface area contributed by atoms with E-state index in [2.05, 4.69) is 27.3 Å². The van der Waals surface area contributed by atoms with Crippen molar-refractivity contribution in [3.63, 3.8) is 0 Å². The van der Waals surface area contributed by atoms with Crippen LogP contribution in [0.2, 0.25) is 0 Å². The molecule has 6 nitrogen and oxygen atoms in total. The molecule has 9 rings (SSSR count). The molecule has 5 aromatic carbocycles. The number of aromatic nitrogens is 5. The van der Waals surface area contributed by atoms with Crippen LogP contribution < -0.4 is 0 Å². The Morgan fingerprint density at radius 1 is 0.717 bits per heavy atom. The van der Waals surface area contributed by atoms with Gasteiger partial charge in [-0.1, -0.05) is 72.3 Å². The largest absolute Gasteiger partial charge is 0.500 e. The van der Waals surface area contributed by atoms with Gasteiger partial charge in [-0.25, -0.2) is 0 Å². The van der Waals surface area contributed by atoms with Crippen LogP contribution in [0.1, 0.15) is 0 Å². The van der Waals surface area contributed by atoms with Crippen molar-refractivity contribution in [1.29, 1.82) is 0 Å². The maximum atomic E-state index is 14.9. The zero-order valence-corrected chi connectivity index (χ0v) is 26.5. The normalized spacial score (nSPS) is 11.0. The van der Waals surface area contributed by atoms with Crippen molar-refractivity contribution in [2.24, 2.45) is 0 Å². The van der Waals surface area contributed by atoms with Gasteiger partial charge >= 0.3 is 0 Å². The molecular formula is C38H22FIrN5O-2. The maximum Gasteiger partial charge on any atom is 0.191 e. The minimum Gasteiger partial charge on any atom is -0.500 e. The van der Waals surface area contributed by atoms with Crippen LogP contribution in [-0.2, 0) is 20.1 Å². The van der Waals surface area contributed by atoms with Crippen molar-refractivity contribution >= 4 is 44.0 Å². The summed E-state index contributed by atoms with van der Waals surface area (Å²) in [5.41, 5.74) is 6.57. The summed E-state index contributed by atoms with van der Waals surface area (Å²) in [5.74, 6) is 0.178. The summed E-state index contributed by atoms with van der Waals surface area (Å²) < 4.78 is 23.1. The van der Waals surface area contributed by atoms with E-state index in [-0.39, 0.29) is 25.9 Å². The Bertz CT molecular complexity index is 2410. The summed E-state index contributed by atoms with van der Waals surface area (Å²) in [4.78, 5) is 9.05. The average Bonchev–Trinajstić information content (AvgIpc) is 3.70. The van der Waals surface area contributed by atoms with E-state index >= 15 is 0 Å². The Hall–Kier alpha value is -5.56. The molecule has 8 heteroatoms. The van der Waals surface area contributed by atoms with E-state index in [0.29, 0.717) is 39.0 Å². The summed E-state index contributed by atoms with van der Waals surface area (Å²) in [6.45, 7) is 0. The van der Waals surface area contributed by atoms with Crippen LogP contribution in [0.4, 0.5) is 4.39 Å². The molecule has 0 saturated heterocycles. The zero-order chi connectivity index (χ0) is 30.2. The van der Waals surface area contributed by atoms with E-state index in [9.17, 15) is 4.39 Å². The third kappa shape index (κ3) is 5.13. The molecule has 46 heavy (non-hydrogen) atoms. The van der Waals surface area contributed by atoms with Crippen molar-refractivity contribution in [3.05, 3.63) is 152 Å². The quantitative estimate of drug-likeness (QED) is 0.168. The molecule has 0 fully saturated rings. The molecule has 0 bridgehead atoms.